The number of rotatable bonds is 7. The van der Waals surface area contributed by atoms with Crippen LogP contribution in [-0.2, 0) is 19.5 Å². The first kappa shape index (κ1) is 17.4. The summed E-state index contributed by atoms with van der Waals surface area (Å²) in [6.45, 7) is 1.06. The van der Waals surface area contributed by atoms with E-state index in [1.165, 1.54) is 4.31 Å². The second-order valence-corrected chi connectivity index (χ2v) is 9.22. The number of hydrogen-bond acceptors (Lipinski definition) is 7. The Balaban J connectivity index is 1.49. The molecular weight excluding hydrogens is 346 g/mol. The monoisotopic (exact) mass is 371 g/mol. The van der Waals surface area contributed by atoms with Crippen LogP contribution in [0.4, 0.5) is 0 Å². The number of nitrogens with zero attached hydrogens (tertiary/aromatic N) is 3. The molecule has 9 heteroatoms. The second kappa shape index (κ2) is 6.94. The number of hydrogen-bond donors (Lipinski definition) is 0. The Morgan fingerprint density at radius 2 is 2.16 bits per heavy atom. The lowest BCUT2D eigenvalue weighted by Gasteiger charge is -2.22. The quantitative estimate of drug-likeness (QED) is 0.718. The van der Waals surface area contributed by atoms with Crippen LogP contribution in [-0.4, -0.2) is 61.1 Å². The summed E-state index contributed by atoms with van der Waals surface area (Å²) in [5, 5.41) is 4.03. The normalized spacial score (nSPS) is 31.0. The summed E-state index contributed by atoms with van der Waals surface area (Å²) in [6.07, 6.45) is 5.07. The Hall–Kier alpha value is -1.03. The van der Waals surface area contributed by atoms with Gasteiger partial charge in [-0.1, -0.05) is 5.16 Å². The third kappa shape index (κ3) is 3.74. The summed E-state index contributed by atoms with van der Waals surface area (Å²) < 4.78 is 43.7. The van der Waals surface area contributed by atoms with Gasteiger partial charge in [0.2, 0.25) is 15.9 Å². The maximum Gasteiger partial charge on any atom is 0.245 e. The molecular formula is C16H25N3O5S. The van der Waals surface area contributed by atoms with Gasteiger partial charge in [-0.25, -0.2) is 8.42 Å². The fourth-order valence-electron chi connectivity index (χ4n) is 3.63. The minimum atomic E-state index is -3.44. The average molecular weight is 371 g/mol. The van der Waals surface area contributed by atoms with Crippen molar-refractivity contribution in [2.75, 3.05) is 26.0 Å². The summed E-state index contributed by atoms with van der Waals surface area (Å²) in [5.41, 5.74) is 0. The Kier molecular flexibility index (Phi) is 4.83. The van der Waals surface area contributed by atoms with Crippen LogP contribution in [0.5, 0.6) is 0 Å². The third-order valence-electron chi connectivity index (χ3n) is 5.31. The molecule has 3 aliphatic rings. The fraction of sp³-hybridized carbons (Fsp3) is 0.875. The summed E-state index contributed by atoms with van der Waals surface area (Å²) >= 11 is 0. The van der Waals surface area contributed by atoms with Gasteiger partial charge in [0, 0.05) is 32.6 Å². The molecule has 0 radical (unpaired) electrons. The summed E-state index contributed by atoms with van der Waals surface area (Å²) in [6, 6.07) is -0.431. The summed E-state index contributed by atoms with van der Waals surface area (Å²) in [4.78, 5) is 4.46. The van der Waals surface area contributed by atoms with E-state index in [1.807, 2.05) is 0 Å². The van der Waals surface area contributed by atoms with E-state index in [4.69, 9.17) is 14.0 Å². The molecule has 1 saturated carbocycles. The average Bonchev–Trinajstić information content (AvgIpc) is 3.06. The van der Waals surface area contributed by atoms with Gasteiger partial charge >= 0.3 is 0 Å². The van der Waals surface area contributed by atoms with Crippen LogP contribution in [0.3, 0.4) is 0 Å². The number of methoxy groups -OCH3 is 1. The molecule has 0 bridgehead atoms. The number of sulfonamides is 1. The van der Waals surface area contributed by atoms with Crippen LogP contribution in [0.25, 0.3) is 0 Å². The molecule has 8 nitrogen and oxygen atoms in total. The topological polar surface area (TPSA) is 94.8 Å². The SMILES string of the molecule is CO[C@H]1C[C@H](c2nc(C3CC3)no2)N(S(=O)(=O)CC[C@@H]2CCCO2)C1. The van der Waals surface area contributed by atoms with Gasteiger partial charge in [0.05, 0.1) is 18.0 Å². The highest BCUT2D eigenvalue weighted by Crippen LogP contribution is 2.40. The first-order chi connectivity index (χ1) is 12.1. The van der Waals surface area contributed by atoms with Crippen molar-refractivity contribution in [3.63, 3.8) is 0 Å². The molecule has 2 saturated heterocycles. The molecule has 2 aliphatic heterocycles. The third-order valence-corrected chi connectivity index (χ3v) is 7.18. The van der Waals surface area contributed by atoms with Crippen molar-refractivity contribution in [3.05, 3.63) is 11.7 Å². The van der Waals surface area contributed by atoms with Crippen LogP contribution < -0.4 is 0 Å². The van der Waals surface area contributed by atoms with Crippen LogP contribution >= 0.6 is 0 Å². The van der Waals surface area contributed by atoms with Crippen molar-refractivity contribution in [3.8, 4) is 0 Å². The second-order valence-electron chi connectivity index (χ2n) is 7.18. The molecule has 3 fully saturated rings. The summed E-state index contributed by atoms with van der Waals surface area (Å²) in [5.74, 6) is 1.55. The Morgan fingerprint density at radius 1 is 1.32 bits per heavy atom. The zero-order chi connectivity index (χ0) is 17.4. The lowest BCUT2D eigenvalue weighted by atomic mass is 10.2. The first-order valence-corrected chi connectivity index (χ1v) is 10.6. The Labute approximate surface area is 147 Å². The van der Waals surface area contributed by atoms with Crippen molar-refractivity contribution in [2.45, 2.75) is 62.7 Å². The summed E-state index contributed by atoms with van der Waals surface area (Å²) in [7, 11) is -1.83. The van der Waals surface area contributed by atoms with Crippen LogP contribution in [0, 0.1) is 0 Å². The van der Waals surface area contributed by atoms with Crippen molar-refractivity contribution in [1.82, 2.24) is 14.4 Å². The highest BCUT2D eigenvalue weighted by molar-refractivity contribution is 7.89. The molecule has 1 aliphatic carbocycles. The minimum Gasteiger partial charge on any atom is -0.380 e. The van der Waals surface area contributed by atoms with E-state index in [0.29, 0.717) is 37.0 Å². The molecule has 4 rings (SSSR count). The lowest BCUT2D eigenvalue weighted by Crippen LogP contribution is -2.35. The van der Waals surface area contributed by atoms with Gasteiger partial charge < -0.3 is 14.0 Å². The zero-order valence-corrected chi connectivity index (χ0v) is 15.3. The van der Waals surface area contributed by atoms with Gasteiger partial charge in [-0.15, -0.1) is 0 Å². The molecule has 3 atom stereocenters. The van der Waals surface area contributed by atoms with Gasteiger partial charge in [-0.05, 0) is 32.1 Å². The molecule has 0 aromatic carbocycles. The molecule has 140 valence electrons. The molecule has 0 spiro atoms. The van der Waals surface area contributed by atoms with Gasteiger partial charge in [0.15, 0.2) is 5.82 Å². The lowest BCUT2D eigenvalue weighted by molar-refractivity contribution is 0.108. The fourth-order valence-corrected chi connectivity index (χ4v) is 5.38. The molecule has 0 N–H and O–H groups in total. The maximum absolute atomic E-state index is 12.9. The van der Waals surface area contributed by atoms with Crippen LogP contribution in [0.2, 0.25) is 0 Å². The van der Waals surface area contributed by atoms with Crippen LogP contribution in [0.1, 0.15) is 62.2 Å². The van der Waals surface area contributed by atoms with Crippen LogP contribution in [0.15, 0.2) is 4.52 Å². The molecule has 3 heterocycles. The van der Waals surface area contributed by atoms with E-state index in [0.717, 1.165) is 32.3 Å². The van der Waals surface area contributed by atoms with Crippen molar-refractivity contribution in [1.29, 1.82) is 0 Å². The smallest absolute Gasteiger partial charge is 0.245 e. The molecule has 1 aromatic rings. The predicted molar refractivity (Wildman–Crippen MR) is 88.5 cm³/mol. The van der Waals surface area contributed by atoms with Gasteiger partial charge in [-0.3, -0.25) is 0 Å². The Morgan fingerprint density at radius 3 is 2.84 bits per heavy atom. The van der Waals surface area contributed by atoms with Crippen molar-refractivity contribution >= 4 is 10.0 Å². The molecule has 1 aromatic heterocycles. The van der Waals surface area contributed by atoms with Gasteiger partial charge in [-0.2, -0.15) is 9.29 Å². The highest BCUT2D eigenvalue weighted by Gasteiger charge is 2.44. The van der Waals surface area contributed by atoms with Crippen molar-refractivity contribution < 1.29 is 22.4 Å². The van der Waals surface area contributed by atoms with Crippen molar-refractivity contribution in [2.24, 2.45) is 0 Å². The Bertz CT molecular complexity index is 696. The highest BCUT2D eigenvalue weighted by atomic mass is 32.2. The molecule has 25 heavy (non-hydrogen) atoms. The minimum absolute atomic E-state index is 0.0546. The zero-order valence-electron chi connectivity index (χ0n) is 14.5. The molecule has 0 amide bonds. The largest absolute Gasteiger partial charge is 0.380 e. The van der Waals surface area contributed by atoms with E-state index in [2.05, 4.69) is 10.1 Å². The van der Waals surface area contributed by atoms with E-state index < -0.39 is 16.1 Å². The van der Waals surface area contributed by atoms with E-state index in [-0.39, 0.29) is 18.0 Å². The number of ether oxygens (including phenoxy) is 2. The van der Waals surface area contributed by atoms with E-state index >= 15 is 0 Å². The number of aromatic nitrogens is 2. The maximum atomic E-state index is 12.9. The van der Waals surface area contributed by atoms with E-state index in [1.54, 1.807) is 7.11 Å². The molecule has 0 unspecified atom stereocenters. The predicted octanol–water partition coefficient (Wildman–Crippen LogP) is 1.61. The van der Waals surface area contributed by atoms with Gasteiger partial charge in [0.1, 0.15) is 6.04 Å². The first-order valence-electron chi connectivity index (χ1n) is 9.04. The van der Waals surface area contributed by atoms with Gasteiger partial charge in [0.25, 0.3) is 0 Å². The van der Waals surface area contributed by atoms with E-state index in [9.17, 15) is 8.42 Å². The standard InChI is InChI=1S/C16H25N3O5S/c1-22-13-9-14(16-17-15(18-24-16)11-4-5-11)19(10-13)25(20,21)8-6-12-3-2-7-23-12/h11-14H,2-10H2,1H3/t12-,13-,14+/m0/s1.